The highest BCUT2D eigenvalue weighted by atomic mass is 16.5. The van der Waals surface area contributed by atoms with Crippen molar-refractivity contribution in [2.75, 3.05) is 13.2 Å². The van der Waals surface area contributed by atoms with Crippen molar-refractivity contribution in [2.45, 2.75) is 32.7 Å². The Morgan fingerprint density at radius 3 is 2.46 bits per heavy atom. The second-order valence-corrected chi connectivity index (χ2v) is 5.85. The predicted molar refractivity (Wildman–Crippen MR) is 99.9 cm³/mol. The molecule has 0 spiro atoms. The fraction of sp³-hybridized carbons (Fsp3) is 0.333. The average Bonchev–Trinajstić information content (AvgIpc) is 2.66. The van der Waals surface area contributed by atoms with Gasteiger partial charge in [0.05, 0.1) is 6.07 Å². The van der Waals surface area contributed by atoms with E-state index in [0.29, 0.717) is 19.8 Å². The number of amides is 1. The largest absolute Gasteiger partial charge is 0.490 e. The standard InChI is InChI=1S/C21H24N2O3/c1-2-4-17-7-9-19(10-8-17)25-13-14-26-20-6-3-5-18(15-20)16-23-21(24)11-12-22/h3,5-10,15H,2,4,11,13-14,16H2,1H3,(H,23,24). The quantitative estimate of drug-likeness (QED) is 0.663. The molecule has 5 heteroatoms. The van der Waals surface area contributed by atoms with Gasteiger partial charge < -0.3 is 14.8 Å². The van der Waals surface area contributed by atoms with Crippen molar-refractivity contribution in [3.05, 3.63) is 59.7 Å². The van der Waals surface area contributed by atoms with E-state index in [9.17, 15) is 4.79 Å². The molecule has 0 aliphatic heterocycles. The summed E-state index contributed by atoms with van der Waals surface area (Å²) in [6.45, 7) is 3.42. The zero-order chi connectivity index (χ0) is 18.6. The lowest BCUT2D eigenvalue weighted by Gasteiger charge is -2.10. The number of carbonyl (C=O) groups excluding carboxylic acids is 1. The highest BCUT2D eigenvalue weighted by Crippen LogP contribution is 2.15. The van der Waals surface area contributed by atoms with Crippen LogP contribution in [0.15, 0.2) is 48.5 Å². The molecule has 0 bridgehead atoms. The van der Waals surface area contributed by atoms with Crippen molar-refractivity contribution in [1.29, 1.82) is 5.26 Å². The number of nitriles is 1. The summed E-state index contributed by atoms with van der Waals surface area (Å²) in [6, 6.07) is 17.5. The molecule has 26 heavy (non-hydrogen) atoms. The third-order valence-electron chi connectivity index (χ3n) is 3.71. The van der Waals surface area contributed by atoms with Gasteiger partial charge in [0.1, 0.15) is 31.1 Å². The molecule has 0 saturated heterocycles. The topological polar surface area (TPSA) is 71.3 Å². The van der Waals surface area contributed by atoms with Crippen LogP contribution < -0.4 is 14.8 Å². The minimum atomic E-state index is -0.280. The van der Waals surface area contributed by atoms with Crippen LogP contribution in [-0.2, 0) is 17.8 Å². The molecule has 0 aliphatic carbocycles. The number of ether oxygens (including phenoxy) is 2. The van der Waals surface area contributed by atoms with Crippen molar-refractivity contribution in [3.63, 3.8) is 0 Å². The minimum Gasteiger partial charge on any atom is -0.490 e. The van der Waals surface area contributed by atoms with E-state index in [4.69, 9.17) is 14.7 Å². The van der Waals surface area contributed by atoms with Gasteiger partial charge in [0.25, 0.3) is 0 Å². The van der Waals surface area contributed by atoms with E-state index in [0.717, 1.165) is 29.9 Å². The number of hydrogen-bond donors (Lipinski definition) is 1. The number of nitrogens with zero attached hydrogens (tertiary/aromatic N) is 1. The average molecular weight is 352 g/mol. The number of aryl methyl sites for hydroxylation is 1. The second-order valence-electron chi connectivity index (χ2n) is 5.85. The van der Waals surface area contributed by atoms with E-state index in [1.165, 1.54) is 5.56 Å². The van der Waals surface area contributed by atoms with Crippen molar-refractivity contribution >= 4 is 5.91 Å². The maximum atomic E-state index is 11.3. The predicted octanol–water partition coefficient (Wildman–Crippen LogP) is 3.63. The Balaban J connectivity index is 1.73. The van der Waals surface area contributed by atoms with Crippen molar-refractivity contribution < 1.29 is 14.3 Å². The van der Waals surface area contributed by atoms with Gasteiger partial charge in [-0.1, -0.05) is 37.6 Å². The summed E-state index contributed by atoms with van der Waals surface area (Å²) in [5, 5.41) is 11.2. The van der Waals surface area contributed by atoms with Gasteiger partial charge in [-0.3, -0.25) is 4.79 Å². The van der Waals surface area contributed by atoms with Gasteiger partial charge in [0, 0.05) is 6.54 Å². The van der Waals surface area contributed by atoms with E-state index in [2.05, 4.69) is 24.4 Å². The Kier molecular flexibility index (Phi) is 8.01. The Morgan fingerprint density at radius 2 is 1.77 bits per heavy atom. The van der Waals surface area contributed by atoms with Crippen LogP contribution in [-0.4, -0.2) is 19.1 Å². The van der Waals surface area contributed by atoms with Gasteiger partial charge in [0.15, 0.2) is 0 Å². The van der Waals surface area contributed by atoms with E-state index < -0.39 is 0 Å². The summed E-state index contributed by atoms with van der Waals surface area (Å²) in [5.41, 5.74) is 2.23. The molecule has 0 aliphatic rings. The van der Waals surface area contributed by atoms with Gasteiger partial charge >= 0.3 is 0 Å². The van der Waals surface area contributed by atoms with E-state index in [-0.39, 0.29) is 12.3 Å². The fourth-order valence-corrected chi connectivity index (χ4v) is 2.44. The van der Waals surface area contributed by atoms with Crippen LogP contribution in [0.5, 0.6) is 11.5 Å². The van der Waals surface area contributed by atoms with Gasteiger partial charge in [-0.25, -0.2) is 0 Å². The third kappa shape index (κ3) is 6.86. The molecule has 0 radical (unpaired) electrons. The van der Waals surface area contributed by atoms with Crippen LogP contribution in [0.25, 0.3) is 0 Å². The maximum Gasteiger partial charge on any atom is 0.234 e. The van der Waals surface area contributed by atoms with Gasteiger partial charge in [-0.2, -0.15) is 5.26 Å². The van der Waals surface area contributed by atoms with Crippen LogP contribution in [0.1, 0.15) is 30.9 Å². The first-order chi connectivity index (χ1) is 12.7. The molecule has 2 aromatic carbocycles. The lowest BCUT2D eigenvalue weighted by atomic mass is 10.1. The Bertz CT molecular complexity index is 736. The number of carbonyl (C=O) groups is 1. The minimum absolute atomic E-state index is 0.132. The maximum absolute atomic E-state index is 11.3. The summed E-state index contributed by atoms with van der Waals surface area (Å²) < 4.78 is 11.4. The van der Waals surface area contributed by atoms with Crippen LogP contribution >= 0.6 is 0 Å². The van der Waals surface area contributed by atoms with Crippen LogP contribution in [0.3, 0.4) is 0 Å². The molecule has 0 heterocycles. The Morgan fingerprint density at radius 1 is 1.04 bits per heavy atom. The molecule has 5 nitrogen and oxygen atoms in total. The van der Waals surface area contributed by atoms with E-state index in [1.54, 1.807) is 0 Å². The first-order valence-electron chi connectivity index (χ1n) is 8.78. The van der Waals surface area contributed by atoms with Gasteiger partial charge in [-0.15, -0.1) is 0 Å². The number of nitrogens with one attached hydrogen (secondary N) is 1. The molecule has 0 aromatic heterocycles. The molecular formula is C21H24N2O3. The molecule has 0 fully saturated rings. The van der Waals surface area contributed by atoms with E-state index >= 15 is 0 Å². The van der Waals surface area contributed by atoms with Crippen molar-refractivity contribution in [1.82, 2.24) is 5.32 Å². The zero-order valence-electron chi connectivity index (χ0n) is 15.0. The molecule has 0 atom stereocenters. The van der Waals surface area contributed by atoms with Gasteiger partial charge in [0.2, 0.25) is 5.91 Å². The van der Waals surface area contributed by atoms with Crippen molar-refractivity contribution in [3.8, 4) is 17.6 Å². The molecule has 2 aromatic rings. The Hall–Kier alpha value is -3.00. The van der Waals surface area contributed by atoms with Crippen molar-refractivity contribution in [2.24, 2.45) is 0 Å². The number of benzene rings is 2. The van der Waals surface area contributed by atoms with Crippen LogP contribution in [0.4, 0.5) is 0 Å². The Labute approximate surface area is 154 Å². The van der Waals surface area contributed by atoms with E-state index in [1.807, 2.05) is 42.5 Å². The molecule has 136 valence electrons. The summed E-state index contributed by atoms with van der Waals surface area (Å²) in [4.78, 5) is 11.3. The number of rotatable bonds is 10. The lowest BCUT2D eigenvalue weighted by molar-refractivity contribution is -0.120. The first-order valence-corrected chi connectivity index (χ1v) is 8.78. The highest BCUT2D eigenvalue weighted by molar-refractivity contribution is 5.77. The second kappa shape index (κ2) is 10.8. The molecule has 2 rings (SSSR count). The molecule has 1 amide bonds. The molecule has 1 N–H and O–H groups in total. The normalized spacial score (nSPS) is 10.0. The summed E-state index contributed by atoms with van der Waals surface area (Å²) in [7, 11) is 0. The zero-order valence-corrected chi connectivity index (χ0v) is 15.0. The van der Waals surface area contributed by atoms with Crippen LogP contribution in [0, 0.1) is 11.3 Å². The van der Waals surface area contributed by atoms with Gasteiger partial charge in [-0.05, 0) is 41.8 Å². The number of hydrogen-bond acceptors (Lipinski definition) is 4. The lowest BCUT2D eigenvalue weighted by Crippen LogP contribution is -2.21. The smallest absolute Gasteiger partial charge is 0.234 e. The molecular weight excluding hydrogens is 328 g/mol. The summed E-state index contributed by atoms with van der Waals surface area (Å²) in [5.74, 6) is 1.28. The van der Waals surface area contributed by atoms with Crippen LogP contribution in [0.2, 0.25) is 0 Å². The third-order valence-corrected chi connectivity index (χ3v) is 3.71. The first kappa shape index (κ1) is 19.3. The molecule has 0 saturated carbocycles. The fourth-order valence-electron chi connectivity index (χ4n) is 2.44. The molecule has 0 unspecified atom stereocenters. The summed E-state index contributed by atoms with van der Waals surface area (Å²) >= 11 is 0. The summed E-state index contributed by atoms with van der Waals surface area (Å²) in [6.07, 6.45) is 2.08. The SMILES string of the molecule is CCCc1ccc(OCCOc2cccc(CNC(=O)CC#N)c2)cc1. The highest BCUT2D eigenvalue weighted by Gasteiger charge is 2.02. The monoisotopic (exact) mass is 352 g/mol.